The van der Waals surface area contributed by atoms with E-state index in [2.05, 4.69) is 13.8 Å². The first-order valence-corrected chi connectivity index (χ1v) is 4.65. The van der Waals surface area contributed by atoms with Crippen LogP contribution in [0.4, 0.5) is 0 Å². The molecule has 1 aliphatic rings. The topological polar surface area (TPSA) is 0 Å². The Kier molecular flexibility index (Phi) is 3.24. The molecule has 10 heavy (non-hydrogen) atoms. The van der Waals surface area contributed by atoms with Crippen molar-refractivity contribution in [1.82, 2.24) is 0 Å². The van der Waals surface area contributed by atoms with Crippen LogP contribution in [0.3, 0.4) is 0 Å². The van der Waals surface area contributed by atoms with E-state index in [1.807, 2.05) is 5.92 Å². The summed E-state index contributed by atoms with van der Waals surface area (Å²) in [4.78, 5) is 0. The molecule has 0 aromatic heterocycles. The molecule has 1 rings (SSSR count). The van der Waals surface area contributed by atoms with Gasteiger partial charge in [0.1, 0.15) is 0 Å². The maximum atomic E-state index is 2.33. The van der Waals surface area contributed by atoms with E-state index in [0.717, 1.165) is 5.92 Å². The molecule has 0 heteroatoms. The molecule has 0 N–H and O–H groups in total. The molecule has 0 unspecified atom stereocenters. The molecule has 0 aromatic rings. The lowest BCUT2D eigenvalue weighted by molar-refractivity contribution is 0.557. The van der Waals surface area contributed by atoms with E-state index >= 15 is 0 Å². The zero-order valence-corrected chi connectivity index (χ0v) is 7.32. The molecule has 1 fully saturated rings. The van der Waals surface area contributed by atoms with E-state index in [9.17, 15) is 0 Å². The molecule has 1 saturated carbocycles. The lowest BCUT2D eigenvalue weighted by atomic mass is 9.89. The summed E-state index contributed by atoms with van der Waals surface area (Å²) in [6.45, 7) is 4.67. The van der Waals surface area contributed by atoms with Crippen molar-refractivity contribution >= 4 is 0 Å². The summed E-state index contributed by atoms with van der Waals surface area (Å²) < 4.78 is 0. The van der Waals surface area contributed by atoms with Gasteiger partial charge in [-0.25, -0.2) is 0 Å². The van der Waals surface area contributed by atoms with Crippen LogP contribution in [-0.4, -0.2) is 0 Å². The first-order valence-electron chi connectivity index (χ1n) is 4.65. The van der Waals surface area contributed by atoms with E-state index in [-0.39, 0.29) is 0 Å². The second-order valence-corrected chi connectivity index (χ2v) is 3.73. The number of hydrogen-bond donors (Lipinski definition) is 0. The highest BCUT2D eigenvalue weighted by Gasteiger charge is 2.15. The molecule has 1 radical (unpaired) electrons. The van der Waals surface area contributed by atoms with E-state index in [0.29, 0.717) is 0 Å². The van der Waals surface area contributed by atoms with Crippen LogP contribution in [0, 0.1) is 11.8 Å². The van der Waals surface area contributed by atoms with Crippen molar-refractivity contribution in [2.24, 2.45) is 5.92 Å². The second-order valence-electron chi connectivity index (χ2n) is 3.73. The average molecular weight is 139 g/mol. The monoisotopic (exact) mass is 139 g/mol. The Labute approximate surface area is 65.0 Å². The van der Waals surface area contributed by atoms with Crippen molar-refractivity contribution in [3.8, 4) is 0 Å². The summed E-state index contributed by atoms with van der Waals surface area (Å²) >= 11 is 0. The zero-order chi connectivity index (χ0) is 7.40. The lowest BCUT2D eigenvalue weighted by Gasteiger charge is -2.16. The Morgan fingerprint density at radius 3 is 1.80 bits per heavy atom. The highest BCUT2D eigenvalue weighted by atomic mass is 14.2. The quantitative estimate of drug-likeness (QED) is 0.487. The smallest absolute Gasteiger partial charge is 0.0215 e. The third-order valence-corrected chi connectivity index (χ3v) is 2.56. The highest BCUT2D eigenvalue weighted by Crippen LogP contribution is 2.30. The molecular weight excluding hydrogens is 120 g/mol. The van der Waals surface area contributed by atoms with Crippen LogP contribution in [0.5, 0.6) is 0 Å². The highest BCUT2D eigenvalue weighted by molar-refractivity contribution is 4.93. The summed E-state index contributed by atoms with van der Waals surface area (Å²) in [5.41, 5.74) is 0. The molecule has 0 atom stereocenters. The van der Waals surface area contributed by atoms with Gasteiger partial charge in [0, 0.05) is 0 Å². The van der Waals surface area contributed by atoms with E-state index in [4.69, 9.17) is 0 Å². The van der Waals surface area contributed by atoms with Gasteiger partial charge in [-0.15, -0.1) is 0 Å². The first kappa shape index (κ1) is 8.10. The molecule has 0 heterocycles. The summed E-state index contributed by atoms with van der Waals surface area (Å²) in [6.07, 6.45) is 8.67. The van der Waals surface area contributed by atoms with Crippen LogP contribution in [0.15, 0.2) is 0 Å². The Morgan fingerprint density at radius 1 is 0.900 bits per heavy atom. The molecule has 0 spiro atoms. The van der Waals surface area contributed by atoms with Gasteiger partial charge in [0.05, 0.1) is 0 Å². The third-order valence-electron chi connectivity index (χ3n) is 2.56. The molecule has 0 aliphatic heterocycles. The molecule has 0 amide bonds. The van der Waals surface area contributed by atoms with Gasteiger partial charge >= 0.3 is 0 Å². The molecule has 0 saturated heterocycles. The van der Waals surface area contributed by atoms with Crippen LogP contribution in [0.2, 0.25) is 0 Å². The Hall–Kier alpha value is 0. The van der Waals surface area contributed by atoms with Crippen LogP contribution in [0.25, 0.3) is 0 Å². The normalized spacial score (nSPS) is 23.1. The van der Waals surface area contributed by atoms with Gasteiger partial charge in [-0.2, -0.15) is 0 Å². The average Bonchev–Trinajstić information content (AvgIpc) is 2.12. The van der Waals surface area contributed by atoms with Crippen molar-refractivity contribution in [2.75, 3.05) is 0 Å². The summed E-state index contributed by atoms with van der Waals surface area (Å²) in [5.74, 6) is 2.66. The lowest BCUT2D eigenvalue weighted by Crippen LogP contribution is -2.03. The van der Waals surface area contributed by atoms with Gasteiger partial charge in [-0.05, 0) is 24.7 Å². The van der Waals surface area contributed by atoms with E-state index in [1.54, 1.807) is 0 Å². The number of hydrogen-bond acceptors (Lipinski definition) is 0. The largest absolute Gasteiger partial charge is 0.0622 e. The van der Waals surface area contributed by atoms with Crippen molar-refractivity contribution in [2.45, 2.75) is 52.4 Å². The van der Waals surface area contributed by atoms with Gasteiger partial charge in [-0.1, -0.05) is 39.5 Å². The summed E-state index contributed by atoms with van der Waals surface area (Å²) in [5, 5.41) is 0. The summed E-state index contributed by atoms with van der Waals surface area (Å²) in [7, 11) is 0. The molecule has 0 bridgehead atoms. The minimum Gasteiger partial charge on any atom is -0.0622 e. The molecule has 59 valence electrons. The predicted molar refractivity (Wildman–Crippen MR) is 45.8 cm³/mol. The molecular formula is C10H19. The van der Waals surface area contributed by atoms with Gasteiger partial charge < -0.3 is 0 Å². The van der Waals surface area contributed by atoms with Gasteiger partial charge in [0.2, 0.25) is 0 Å². The van der Waals surface area contributed by atoms with Crippen LogP contribution in [0.1, 0.15) is 52.4 Å². The Morgan fingerprint density at radius 2 is 1.40 bits per heavy atom. The van der Waals surface area contributed by atoms with Crippen LogP contribution in [-0.2, 0) is 0 Å². The van der Waals surface area contributed by atoms with Gasteiger partial charge in [-0.3, -0.25) is 0 Å². The fourth-order valence-corrected chi connectivity index (χ4v) is 1.76. The van der Waals surface area contributed by atoms with Crippen molar-refractivity contribution in [3.63, 3.8) is 0 Å². The van der Waals surface area contributed by atoms with Gasteiger partial charge in [0.15, 0.2) is 0 Å². The SMILES string of the molecule is CC(C)[C]1CCCCCC1. The minimum absolute atomic E-state index is 0.845. The van der Waals surface area contributed by atoms with Crippen molar-refractivity contribution < 1.29 is 0 Å². The third kappa shape index (κ3) is 2.32. The first-order chi connectivity index (χ1) is 4.80. The predicted octanol–water partition coefficient (Wildman–Crippen LogP) is 3.57. The Bertz CT molecular complexity index is 76.0. The molecule has 1 aliphatic carbocycles. The fraction of sp³-hybridized carbons (Fsp3) is 0.900. The van der Waals surface area contributed by atoms with E-state index < -0.39 is 0 Å². The fourth-order valence-electron chi connectivity index (χ4n) is 1.76. The molecule has 0 aromatic carbocycles. The standard InChI is InChI=1S/C10H19/c1-9(2)10-7-5-3-4-6-8-10/h9H,3-8H2,1-2H3. The summed E-state index contributed by atoms with van der Waals surface area (Å²) in [6, 6.07) is 0. The van der Waals surface area contributed by atoms with Crippen molar-refractivity contribution in [1.29, 1.82) is 0 Å². The Balaban J connectivity index is 2.28. The second kappa shape index (κ2) is 4.00. The maximum Gasteiger partial charge on any atom is -0.0215 e. The van der Waals surface area contributed by atoms with Gasteiger partial charge in [0.25, 0.3) is 0 Å². The minimum atomic E-state index is 0.845. The maximum absolute atomic E-state index is 2.33. The van der Waals surface area contributed by atoms with E-state index in [1.165, 1.54) is 38.5 Å². The van der Waals surface area contributed by atoms with Crippen LogP contribution >= 0.6 is 0 Å². The number of rotatable bonds is 1. The van der Waals surface area contributed by atoms with Crippen LogP contribution < -0.4 is 0 Å². The zero-order valence-electron chi connectivity index (χ0n) is 7.32. The van der Waals surface area contributed by atoms with Crippen molar-refractivity contribution in [3.05, 3.63) is 5.92 Å². The molecule has 0 nitrogen and oxygen atoms in total.